The molecule has 1 heterocycles. The van der Waals surface area contributed by atoms with Crippen LogP contribution in [0.5, 0.6) is 0 Å². The molecule has 7 heteroatoms. The van der Waals surface area contributed by atoms with E-state index in [-0.39, 0.29) is 6.61 Å². The first-order chi connectivity index (χ1) is 12.5. The van der Waals surface area contributed by atoms with Crippen LogP contribution < -0.4 is 0 Å². The highest BCUT2D eigenvalue weighted by molar-refractivity contribution is 5.39. The van der Waals surface area contributed by atoms with Crippen LogP contribution in [0.1, 0.15) is 19.8 Å². The second-order valence-electron chi connectivity index (χ2n) is 5.35. The Morgan fingerprint density at radius 3 is 2.19 bits per heavy atom. The SMILES string of the molecule is CC#CC#CC#CC#CCCC(CO)OC1O[C@H](CO)[C@@H](O)[C@H](O)[C@H]1O. The zero-order chi connectivity index (χ0) is 19.4. The standard InChI is InChI=1S/C19H22O7/c1-2-3-4-5-6-7-8-9-10-11-14(12-20)25-19-18(24)17(23)16(22)15(13-21)26-19/h14-24H,10-13H2,1H3/t14?,15-,16-,17+,18-,19?/m1/s1. The Morgan fingerprint density at radius 2 is 1.58 bits per heavy atom. The fourth-order valence-electron chi connectivity index (χ4n) is 2.10. The molecule has 2 unspecified atom stereocenters. The van der Waals surface area contributed by atoms with Crippen LogP contribution in [-0.4, -0.2) is 75.6 Å². The first kappa shape index (κ1) is 22.0. The van der Waals surface area contributed by atoms with Crippen molar-refractivity contribution in [3.05, 3.63) is 0 Å². The maximum atomic E-state index is 9.90. The fraction of sp³-hybridized carbons (Fsp3) is 0.579. The van der Waals surface area contributed by atoms with Crippen LogP contribution in [0.4, 0.5) is 0 Å². The predicted octanol–water partition coefficient (Wildman–Crippen LogP) is -2.02. The maximum absolute atomic E-state index is 9.90. The molecule has 26 heavy (non-hydrogen) atoms. The molecule has 0 bridgehead atoms. The lowest BCUT2D eigenvalue weighted by atomic mass is 9.99. The molecule has 0 aromatic carbocycles. The summed E-state index contributed by atoms with van der Waals surface area (Å²) in [6, 6.07) is 0. The summed E-state index contributed by atoms with van der Waals surface area (Å²) in [7, 11) is 0. The number of aliphatic hydroxyl groups is 5. The van der Waals surface area contributed by atoms with E-state index < -0.39 is 43.4 Å². The van der Waals surface area contributed by atoms with E-state index in [1.807, 2.05) is 0 Å². The molecule has 0 spiro atoms. The zero-order valence-corrected chi connectivity index (χ0v) is 14.3. The van der Waals surface area contributed by atoms with E-state index in [2.05, 4.69) is 47.4 Å². The average molecular weight is 362 g/mol. The Hall–Kier alpha value is -2.04. The number of ether oxygens (including phenoxy) is 2. The molecule has 0 saturated carbocycles. The van der Waals surface area contributed by atoms with Gasteiger partial charge in [-0.25, -0.2) is 0 Å². The Balaban J connectivity index is 2.52. The molecule has 0 aliphatic carbocycles. The van der Waals surface area contributed by atoms with Gasteiger partial charge in [0, 0.05) is 6.42 Å². The minimum atomic E-state index is -1.53. The van der Waals surface area contributed by atoms with E-state index in [1.165, 1.54) is 0 Å². The summed E-state index contributed by atoms with van der Waals surface area (Å²) in [4.78, 5) is 0. The van der Waals surface area contributed by atoms with Crippen molar-refractivity contribution in [1.82, 2.24) is 0 Å². The van der Waals surface area contributed by atoms with E-state index >= 15 is 0 Å². The molecule has 1 fully saturated rings. The summed E-state index contributed by atoms with van der Waals surface area (Å²) in [6.45, 7) is 0.765. The topological polar surface area (TPSA) is 120 Å². The Morgan fingerprint density at radius 1 is 0.923 bits per heavy atom. The predicted molar refractivity (Wildman–Crippen MR) is 91.7 cm³/mol. The van der Waals surface area contributed by atoms with Gasteiger partial charge in [0.1, 0.15) is 24.4 Å². The van der Waals surface area contributed by atoms with E-state index in [9.17, 15) is 20.4 Å². The van der Waals surface area contributed by atoms with E-state index in [4.69, 9.17) is 14.6 Å². The summed E-state index contributed by atoms with van der Waals surface area (Å²) in [6.07, 6.45) is -6.87. The van der Waals surface area contributed by atoms with Crippen molar-refractivity contribution in [2.45, 2.75) is 56.6 Å². The molecule has 1 rings (SSSR count). The number of aliphatic hydroxyl groups excluding tert-OH is 5. The molecule has 7 nitrogen and oxygen atoms in total. The molecule has 1 aliphatic heterocycles. The van der Waals surface area contributed by atoms with Gasteiger partial charge in [-0.15, -0.1) is 0 Å². The van der Waals surface area contributed by atoms with Crippen LogP contribution in [0.2, 0.25) is 0 Å². The number of hydrogen-bond acceptors (Lipinski definition) is 7. The van der Waals surface area contributed by atoms with Gasteiger partial charge in [-0.1, -0.05) is 11.8 Å². The molecule has 0 aromatic rings. The van der Waals surface area contributed by atoms with Crippen molar-refractivity contribution in [3.63, 3.8) is 0 Å². The molecule has 1 saturated heterocycles. The molecular weight excluding hydrogens is 340 g/mol. The first-order valence-electron chi connectivity index (χ1n) is 8.01. The van der Waals surface area contributed by atoms with E-state index in [0.29, 0.717) is 12.8 Å². The Bertz CT molecular complexity index is 672. The van der Waals surface area contributed by atoms with Crippen molar-refractivity contribution in [2.24, 2.45) is 0 Å². The van der Waals surface area contributed by atoms with Crippen LogP contribution in [0, 0.1) is 47.4 Å². The second-order valence-corrected chi connectivity index (χ2v) is 5.35. The van der Waals surface area contributed by atoms with Crippen molar-refractivity contribution in [3.8, 4) is 47.4 Å². The Kier molecular flexibility index (Phi) is 10.4. The largest absolute Gasteiger partial charge is 0.394 e. The summed E-state index contributed by atoms with van der Waals surface area (Å²) in [5.41, 5.74) is 0. The van der Waals surface area contributed by atoms with Gasteiger partial charge >= 0.3 is 0 Å². The normalized spacial score (nSPS) is 28.0. The van der Waals surface area contributed by atoms with Gasteiger partial charge in [-0.05, 0) is 48.9 Å². The van der Waals surface area contributed by atoms with Crippen LogP contribution in [0.3, 0.4) is 0 Å². The molecular formula is C19H22O7. The highest BCUT2D eigenvalue weighted by Gasteiger charge is 2.44. The average Bonchev–Trinajstić information content (AvgIpc) is 2.65. The van der Waals surface area contributed by atoms with Crippen LogP contribution in [0.15, 0.2) is 0 Å². The fourth-order valence-corrected chi connectivity index (χ4v) is 2.10. The lowest BCUT2D eigenvalue weighted by molar-refractivity contribution is -0.313. The summed E-state index contributed by atoms with van der Waals surface area (Å²) < 4.78 is 10.7. The van der Waals surface area contributed by atoms with Crippen molar-refractivity contribution >= 4 is 0 Å². The molecule has 1 aliphatic rings. The monoisotopic (exact) mass is 362 g/mol. The smallest absolute Gasteiger partial charge is 0.187 e. The van der Waals surface area contributed by atoms with Gasteiger partial charge in [0.25, 0.3) is 0 Å². The third-order valence-corrected chi connectivity index (χ3v) is 3.50. The lowest BCUT2D eigenvalue weighted by Crippen LogP contribution is -2.59. The Labute approximate surface area is 152 Å². The zero-order valence-electron chi connectivity index (χ0n) is 14.3. The molecule has 6 atom stereocenters. The van der Waals surface area contributed by atoms with Crippen molar-refractivity contribution in [2.75, 3.05) is 13.2 Å². The highest BCUT2D eigenvalue weighted by atomic mass is 16.7. The molecule has 140 valence electrons. The second kappa shape index (κ2) is 12.3. The van der Waals surface area contributed by atoms with E-state index in [0.717, 1.165) is 0 Å². The lowest BCUT2D eigenvalue weighted by Gasteiger charge is -2.40. The molecule has 5 N–H and O–H groups in total. The summed E-state index contributed by atoms with van der Waals surface area (Å²) in [5.74, 6) is 20.6. The first-order valence-corrected chi connectivity index (χ1v) is 8.01. The van der Waals surface area contributed by atoms with Gasteiger partial charge in [0.2, 0.25) is 0 Å². The minimum absolute atomic E-state index is 0.327. The highest BCUT2D eigenvalue weighted by Crippen LogP contribution is 2.23. The third-order valence-electron chi connectivity index (χ3n) is 3.50. The van der Waals surface area contributed by atoms with Crippen LogP contribution in [0.25, 0.3) is 0 Å². The summed E-state index contributed by atoms with van der Waals surface area (Å²) in [5, 5.41) is 47.8. The van der Waals surface area contributed by atoms with Crippen LogP contribution in [-0.2, 0) is 9.47 Å². The molecule has 0 radical (unpaired) electrons. The van der Waals surface area contributed by atoms with Crippen molar-refractivity contribution < 1.29 is 35.0 Å². The quantitative estimate of drug-likeness (QED) is 0.346. The van der Waals surface area contributed by atoms with E-state index in [1.54, 1.807) is 6.92 Å². The van der Waals surface area contributed by atoms with Crippen molar-refractivity contribution in [1.29, 1.82) is 0 Å². The van der Waals surface area contributed by atoms with Crippen LogP contribution >= 0.6 is 0 Å². The molecule has 0 aromatic heterocycles. The van der Waals surface area contributed by atoms with Gasteiger partial charge < -0.3 is 35.0 Å². The number of hydrogen-bond donors (Lipinski definition) is 5. The van der Waals surface area contributed by atoms with Gasteiger partial charge in [0.15, 0.2) is 6.29 Å². The maximum Gasteiger partial charge on any atom is 0.187 e. The third kappa shape index (κ3) is 7.06. The van der Waals surface area contributed by atoms with Gasteiger partial charge in [-0.3, -0.25) is 0 Å². The molecule has 0 amide bonds. The summed E-state index contributed by atoms with van der Waals surface area (Å²) >= 11 is 0. The van der Waals surface area contributed by atoms with Gasteiger partial charge in [-0.2, -0.15) is 0 Å². The van der Waals surface area contributed by atoms with Gasteiger partial charge in [0.05, 0.1) is 19.3 Å². The minimum Gasteiger partial charge on any atom is -0.394 e. The number of rotatable bonds is 6.